The Kier molecular flexibility index (Phi) is 4.88. The van der Waals surface area contributed by atoms with Gasteiger partial charge in [-0.25, -0.2) is 4.68 Å². The van der Waals surface area contributed by atoms with Crippen molar-refractivity contribution in [3.05, 3.63) is 56.9 Å². The highest BCUT2D eigenvalue weighted by Crippen LogP contribution is 2.29. The third-order valence-electron chi connectivity index (χ3n) is 3.02. The molecule has 23 heavy (non-hydrogen) atoms. The maximum Gasteiger partial charge on any atom is 0.416 e. The lowest BCUT2D eigenvalue weighted by molar-refractivity contribution is -0.137. The summed E-state index contributed by atoms with van der Waals surface area (Å²) in [5, 5.41) is 6.34. The van der Waals surface area contributed by atoms with E-state index in [1.165, 1.54) is 19.1 Å². The lowest BCUT2D eigenvalue weighted by Gasteiger charge is -2.14. The smallest absolute Gasteiger partial charge is 0.324 e. The molecule has 1 atom stereocenters. The van der Waals surface area contributed by atoms with Gasteiger partial charge in [-0.2, -0.15) is 18.3 Å². The normalized spacial score (nSPS) is 12.7. The van der Waals surface area contributed by atoms with Crippen LogP contribution in [0, 0.1) is 0 Å². The van der Waals surface area contributed by atoms with Crippen molar-refractivity contribution < 1.29 is 18.0 Å². The molecule has 122 valence electrons. The van der Waals surface area contributed by atoms with E-state index in [2.05, 4.69) is 26.3 Å². The molecule has 1 unspecified atom stereocenters. The highest BCUT2D eigenvalue weighted by molar-refractivity contribution is 9.10. The second-order valence-electron chi connectivity index (χ2n) is 4.68. The van der Waals surface area contributed by atoms with E-state index in [0.29, 0.717) is 4.60 Å². The van der Waals surface area contributed by atoms with Crippen LogP contribution in [-0.4, -0.2) is 15.7 Å². The summed E-state index contributed by atoms with van der Waals surface area (Å²) >= 11 is 3.10. The van der Waals surface area contributed by atoms with Crippen molar-refractivity contribution in [3.63, 3.8) is 0 Å². The molecular formula is C14H11BrF3N3O2. The first-order chi connectivity index (χ1) is 10.7. The van der Waals surface area contributed by atoms with Crippen molar-refractivity contribution in [2.24, 2.45) is 0 Å². The van der Waals surface area contributed by atoms with Gasteiger partial charge in [0, 0.05) is 11.8 Å². The van der Waals surface area contributed by atoms with Gasteiger partial charge in [0.15, 0.2) is 0 Å². The maximum absolute atomic E-state index is 12.5. The first-order valence-electron chi connectivity index (χ1n) is 6.42. The fraction of sp³-hybridized carbons (Fsp3) is 0.214. The van der Waals surface area contributed by atoms with Crippen molar-refractivity contribution in [2.45, 2.75) is 19.1 Å². The van der Waals surface area contributed by atoms with E-state index in [1.54, 1.807) is 0 Å². The third-order valence-corrected chi connectivity index (χ3v) is 3.44. The number of anilines is 1. The molecule has 0 fully saturated rings. The van der Waals surface area contributed by atoms with Crippen LogP contribution < -0.4 is 10.9 Å². The van der Waals surface area contributed by atoms with Crippen LogP contribution in [0.4, 0.5) is 18.9 Å². The fourth-order valence-electron chi connectivity index (χ4n) is 1.78. The number of halogens is 4. The standard InChI is InChI=1S/C14H11BrF3N3O2/c1-8(21-12(22)7-6-11(15)20-21)13(23)19-10-4-2-9(3-5-10)14(16,17)18/h2-8H,1H3,(H,19,23). The molecule has 1 heterocycles. The molecule has 0 saturated carbocycles. The average molecular weight is 390 g/mol. The molecule has 1 N–H and O–H groups in total. The molecule has 1 aromatic carbocycles. The van der Waals surface area contributed by atoms with Gasteiger partial charge in [0.05, 0.1) is 5.56 Å². The van der Waals surface area contributed by atoms with Crippen LogP contribution in [0.25, 0.3) is 0 Å². The van der Waals surface area contributed by atoms with Crippen LogP contribution in [0.5, 0.6) is 0 Å². The number of benzene rings is 1. The molecule has 2 rings (SSSR count). The Labute approximate surface area is 137 Å². The van der Waals surface area contributed by atoms with Crippen molar-refractivity contribution in [2.75, 3.05) is 5.32 Å². The zero-order chi connectivity index (χ0) is 17.2. The van der Waals surface area contributed by atoms with Gasteiger partial charge in [-0.15, -0.1) is 0 Å². The minimum atomic E-state index is -4.44. The molecule has 0 saturated heterocycles. The van der Waals surface area contributed by atoms with Crippen LogP contribution in [0.3, 0.4) is 0 Å². The van der Waals surface area contributed by atoms with Crippen LogP contribution in [0.1, 0.15) is 18.5 Å². The molecule has 1 aromatic heterocycles. The zero-order valence-electron chi connectivity index (χ0n) is 11.8. The Bertz CT molecular complexity index is 772. The fourth-order valence-corrected chi connectivity index (χ4v) is 2.08. The number of hydrogen-bond donors (Lipinski definition) is 1. The monoisotopic (exact) mass is 389 g/mol. The molecule has 0 aliphatic carbocycles. The highest BCUT2D eigenvalue weighted by Gasteiger charge is 2.30. The largest absolute Gasteiger partial charge is 0.416 e. The molecule has 2 aromatic rings. The quantitative estimate of drug-likeness (QED) is 0.876. The van der Waals surface area contributed by atoms with Gasteiger partial charge in [0.1, 0.15) is 10.6 Å². The number of hydrogen-bond acceptors (Lipinski definition) is 3. The van der Waals surface area contributed by atoms with E-state index >= 15 is 0 Å². The van der Waals surface area contributed by atoms with Crippen LogP contribution in [0.2, 0.25) is 0 Å². The summed E-state index contributed by atoms with van der Waals surface area (Å²) in [6.45, 7) is 1.46. The Morgan fingerprint density at radius 1 is 1.22 bits per heavy atom. The van der Waals surface area contributed by atoms with E-state index in [4.69, 9.17) is 0 Å². The number of rotatable bonds is 3. The SMILES string of the molecule is CC(C(=O)Nc1ccc(C(F)(F)F)cc1)n1nc(Br)ccc1=O. The second-order valence-corrected chi connectivity index (χ2v) is 5.49. The summed E-state index contributed by atoms with van der Waals surface area (Å²) in [4.78, 5) is 23.8. The predicted molar refractivity (Wildman–Crippen MR) is 81.0 cm³/mol. The van der Waals surface area contributed by atoms with Crippen LogP contribution in [-0.2, 0) is 11.0 Å². The molecule has 0 aliphatic rings. The zero-order valence-corrected chi connectivity index (χ0v) is 13.4. The highest BCUT2D eigenvalue weighted by atomic mass is 79.9. The van der Waals surface area contributed by atoms with Gasteiger partial charge in [-0.3, -0.25) is 9.59 Å². The van der Waals surface area contributed by atoms with Gasteiger partial charge in [-0.05, 0) is 53.2 Å². The van der Waals surface area contributed by atoms with E-state index in [-0.39, 0.29) is 5.69 Å². The molecule has 1 amide bonds. The second kappa shape index (κ2) is 6.53. The Morgan fingerprint density at radius 3 is 2.39 bits per heavy atom. The lowest BCUT2D eigenvalue weighted by Crippen LogP contribution is -2.33. The summed E-state index contributed by atoms with van der Waals surface area (Å²) in [7, 11) is 0. The summed E-state index contributed by atoms with van der Waals surface area (Å²) < 4.78 is 38.8. The maximum atomic E-state index is 12.5. The number of carbonyl (C=O) groups excluding carboxylic acids is 1. The summed E-state index contributed by atoms with van der Waals surface area (Å²) in [6.07, 6.45) is -4.44. The summed E-state index contributed by atoms with van der Waals surface area (Å²) in [6, 6.07) is 5.78. The minimum absolute atomic E-state index is 0.192. The molecule has 0 radical (unpaired) electrons. The first-order valence-corrected chi connectivity index (χ1v) is 7.21. The first kappa shape index (κ1) is 17.2. The van der Waals surface area contributed by atoms with Gasteiger partial charge in [0.25, 0.3) is 5.56 Å². The number of alkyl halides is 3. The van der Waals surface area contributed by atoms with E-state index < -0.39 is 29.2 Å². The molecular weight excluding hydrogens is 379 g/mol. The summed E-state index contributed by atoms with van der Waals surface area (Å²) in [5.41, 5.74) is -1.09. The molecule has 0 aliphatic heterocycles. The van der Waals surface area contributed by atoms with Crippen LogP contribution in [0.15, 0.2) is 45.8 Å². The van der Waals surface area contributed by atoms with E-state index in [9.17, 15) is 22.8 Å². The van der Waals surface area contributed by atoms with Gasteiger partial charge in [-0.1, -0.05) is 0 Å². The van der Waals surface area contributed by atoms with Gasteiger partial charge >= 0.3 is 6.18 Å². The molecule has 9 heteroatoms. The van der Waals surface area contributed by atoms with Gasteiger partial charge in [0.2, 0.25) is 5.91 Å². The molecule has 5 nitrogen and oxygen atoms in total. The molecule has 0 bridgehead atoms. The number of amides is 1. The Balaban J connectivity index is 2.15. The Hall–Kier alpha value is -2.16. The lowest BCUT2D eigenvalue weighted by atomic mass is 10.2. The van der Waals surface area contributed by atoms with Crippen LogP contribution >= 0.6 is 15.9 Å². The number of nitrogens with zero attached hydrogens (tertiary/aromatic N) is 2. The van der Waals surface area contributed by atoms with Crippen molar-refractivity contribution in [1.82, 2.24) is 9.78 Å². The average Bonchev–Trinajstić information content (AvgIpc) is 2.48. The third kappa shape index (κ3) is 4.19. The van der Waals surface area contributed by atoms with Crippen molar-refractivity contribution in [3.8, 4) is 0 Å². The number of carbonyl (C=O) groups is 1. The van der Waals surface area contributed by atoms with E-state index in [0.717, 1.165) is 28.9 Å². The minimum Gasteiger partial charge on any atom is -0.324 e. The number of aromatic nitrogens is 2. The van der Waals surface area contributed by atoms with Crippen molar-refractivity contribution >= 4 is 27.5 Å². The molecule has 0 spiro atoms. The predicted octanol–water partition coefficient (Wildman–Crippen LogP) is 3.22. The van der Waals surface area contributed by atoms with Gasteiger partial charge < -0.3 is 5.32 Å². The topological polar surface area (TPSA) is 64.0 Å². The Morgan fingerprint density at radius 2 is 1.83 bits per heavy atom. The number of nitrogens with one attached hydrogen (secondary N) is 1. The van der Waals surface area contributed by atoms with E-state index in [1.807, 2.05) is 0 Å². The summed E-state index contributed by atoms with van der Waals surface area (Å²) in [5.74, 6) is -0.572. The van der Waals surface area contributed by atoms with Crippen molar-refractivity contribution in [1.29, 1.82) is 0 Å².